The predicted molar refractivity (Wildman–Crippen MR) is 91.9 cm³/mol. The monoisotopic (exact) mass is 329 g/mol. The van der Waals surface area contributed by atoms with E-state index in [2.05, 4.69) is 31.0 Å². The number of methoxy groups -OCH3 is 2. The van der Waals surface area contributed by atoms with Crippen molar-refractivity contribution in [3.05, 3.63) is 23.3 Å². The number of likely N-dealkylation sites (tertiary alicyclic amines) is 1. The maximum atomic E-state index is 6.64. The van der Waals surface area contributed by atoms with Gasteiger partial charge in [-0.15, -0.1) is 0 Å². The van der Waals surface area contributed by atoms with Crippen LogP contribution in [0.3, 0.4) is 0 Å². The predicted octanol–water partition coefficient (Wildman–Crippen LogP) is 2.63. The molecule has 2 bridgehead atoms. The number of piperidine rings is 1. The maximum Gasteiger partial charge on any atom is 0.165 e. The van der Waals surface area contributed by atoms with Gasteiger partial charge in [0, 0.05) is 24.1 Å². The Morgan fingerprint density at radius 3 is 2.88 bits per heavy atom. The van der Waals surface area contributed by atoms with E-state index in [9.17, 15) is 0 Å². The second kappa shape index (κ2) is 4.89. The van der Waals surface area contributed by atoms with Gasteiger partial charge in [0.25, 0.3) is 0 Å². The minimum Gasteiger partial charge on any atom is -0.493 e. The van der Waals surface area contributed by atoms with Gasteiger partial charge < -0.3 is 19.1 Å². The first-order valence-electron chi connectivity index (χ1n) is 9.22. The van der Waals surface area contributed by atoms with Crippen LogP contribution in [0.1, 0.15) is 30.9 Å². The molecule has 1 aromatic rings. The molecule has 0 radical (unpaired) electrons. The Morgan fingerprint density at radius 2 is 2.12 bits per heavy atom. The highest BCUT2D eigenvalue weighted by Gasteiger charge is 2.66. The smallest absolute Gasteiger partial charge is 0.165 e. The van der Waals surface area contributed by atoms with Gasteiger partial charge in [-0.3, -0.25) is 0 Å². The highest BCUT2D eigenvalue weighted by atomic mass is 16.6. The molecule has 2 heterocycles. The van der Waals surface area contributed by atoms with E-state index in [1.807, 2.05) is 7.11 Å². The average Bonchev–Trinajstić information content (AvgIpc) is 2.92. The fourth-order valence-corrected chi connectivity index (χ4v) is 6.40. The molecule has 1 saturated carbocycles. The van der Waals surface area contributed by atoms with Crippen LogP contribution in [0.5, 0.6) is 11.5 Å². The zero-order valence-electron chi connectivity index (χ0n) is 15.0. The van der Waals surface area contributed by atoms with Crippen LogP contribution in [0, 0.1) is 11.8 Å². The first kappa shape index (κ1) is 15.0. The number of benzene rings is 1. The van der Waals surface area contributed by atoms with E-state index in [1.165, 1.54) is 17.5 Å². The summed E-state index contributed by atoms with van der Waals surface area (Å²) in [4.78, 5) is 2.58. The minimum atomic E-state index is 0.113. The van der Waals surface area contributed by atoms with Crippen molar-refractivity contribution < 1.29 is 14.2 Å². The van der Waals surface area contributed by atoms with Crippen molar-refractivity contribution in [2.45, 2.75) is 49.9 Å². The second-order valence-corrected chi connectivity index (χ2v) is 8.23. The molecule has 5 rings (SSSR count). The van der Waals surface area contributed by atoms with Gasteiger partial charge in [0.2, 0.25) is 0 Å². The molecule has 2 fully saturated rings. The molecule has 24 heavy (non-hydrogen) atoms. The summed E-state index contributed by atoms with van der Waals surface area (Å²) in [5.74, 6) is 3.07. The number of hydrogen-bond acceptors (Lipinski definition) is 4. The fourth-order valence-electron chi connectivity index (χ4n) is 6.40. The van der Waals surface area contributed by atoms with Gasteiger partial charge in [0.15, 0.2) is 11.5 Å². The Bertz CT molecular complexity index is 690. The summed E-state index contributed by atoms with van der Waals surface area (Å²) in [5, 5.41) is 0. The number of hydrogen-bond donors (Lipinski definition) is 0. The molecule has 1 saturated heterocycles. The van der Waals surface area contributed by atoms with E-state index < -0.39 is 0 Å². The molecule has 0 amide bonds. The molecule has 0 N–H and O–H groups in total. The normalized spacial score (nSPS) is 42.4. The van der Waals surface area contributed by atoms with Crippen LogP contribution in [0.15, 0.2) is 12.1 Å². The highest BCUT2D eigenvalue weighted by Crippen LogP contribution is 2.64. The van der Waals surface area contributed by atoms with Crippen LogP contribution < -0.4 is 9.47 Å². The largest absolute Gasteiger partial charge is 0.493 e. The van der Waals surface area contributed by atoms with Gasteiger partial charge in [0.1, 0.15) is 6.10 Å². The summed E-state index contributed by atoms with van der Waals surface area (Å²) in [5.41, 5.74) is 3.03. The molecule has 4 aliphatic rings. The third-order valence-corrected chi connectivity index (χ3v) is 7.40. The van der Waals surface area contributed by atoms with E-state index in [0.717, 1.165) is 30.9 Å². The Morgan fingerprint density at radius 1 is 1.29 bits per heavy atom. The van der Waals surface area contributed by atoms with E-state index in [1.54, 1.807) is 7.11 Å². The lowest BCUT2D eigenvalue weighted by Crippen LogP contribution is -2.68. The zero-order valence-corrected chi connectivity index (χ0v) is 15.0. The third-order valence-electron chi connectivity index (χ3n) is 7.40. The Balaban J connectivity index is 1.77. The van der Waals surface area contributed by atoms with E-state index >= 15 is 0 Å². The second-order valence-electron chi connectivity index (χ2n) is 8.23. The fraction of sp³-hybridized carbons (Fsp3) is 0.700. The number of ether oxygens (including phenoxy) is 3. The number of rotatable bonds is 2. The molecule has 4 nitrogen and oxygen atoms in total. The van der Waals surface area contributed by atoms with Crippen LogP contribution in [0.2, 0.25) is 0 Å². The number of nitrogens with zero attached hydrogens (tertiary/aromatic N) is 1. The summed E-state index contributed by atoms with van der Waals surface area (Å²) in [6.07, 6.45) is 3.81. The summed E-state index contributed by atoms with van der Waals surface area (Å²) < 4.78 is 18.3. The van der Waals surface area contributed by atoms with Crippen LogP contribution in [-0.2, 0) is 16.6 Å². The van der Waals surface area contributed by atoms with E-state index in [4.69, 9.17) is 14.2 Å². The summed E-state index contributed by atoms with van der Waals surface area (Å²) >= 11 is 0. The lowest BCUT2D eigenvalue weighted by atomic mass is 9.50. The van der Waals surface area contributed by atoms with Gasteiger partial charge in [-0.05, 0) is 56.3 Å². The first-order chi connectivity index (χ1) is 11.6. The molecule has 6 atom stereocenters. The first-order valence-corrected chi connectivity index (χ1v) is 9.22. The van der Waals surface area contributed by atoms with Crippen LogP contribution in [0.4, 0.5) is 0 Å². The average molecular weight is 329 g/mol. The molecular formula is C20H27NO3. The molecular weight excluding hydrogens is 302 g/mol. The van der Waals surface area contributed by atoms with Crippen LogP contribution >= 0.6 is 0 Å². The topological polar surface area (TPSA) is 30.9 Å². The van der Waals surface area contributed by atoms with Crippen molar-refractivity contribution in [2.24, 2.45) is 11.8 Å². The van der Waals surface area contributed by atoms with Crippen molar-refractivity contribution in [3.8, 4) is 11.5 Å². The lowest BCUT2D eigenvalue weighted by Gasteiger charge is -2.60. The SMILES string of the molecule is COc1ccc2c3c1O[C@H]1[C@@H](OC)[C@H](C)CC4[C@@H](C2)N(C)CC[C@@]341. The summed E-state index contributed by atoms with van der Waals surface area (Å²) in [6, 6.07) is 4.98. The molecule has 2 aliphatic carbocycles. The molecule has 1 spiro atoms. The van der Waals surface area contributed by atoms with Gasteiger partial charge in [0.05, 0.1) is 13.2 Å². The van der Waals surface area contributed by atoms with Crippen molar-refractivity contribution in [2.75, 3.05) is 27.8 Å². The standard InChI is InChI=1S/C20H27NO3/c1-11-9-13-14-10-12-5-6-15(22-3)18-16(12)20(13,7-8-21(14)2)19(24-18)17(11)23-4/h5-6,11,13-14,17,19H,7-10H2,1-4H3/t11-,13?,14-,17+,19+,20+/m1/s1. The minimum absolute atomic E-state index is 0.113. The molecule has 0 aromatic heterocycles. The van der Waals surface area contributed by atoms with Crippen molar-refractivity contribution >= 4 is 0 Å². The van der Waals surface area contributed by atoms with Crippen molar-refractivity contribution in [1.29, 1.82) is 0 Å². The highest BCUT2D eigenvalue weighted by molar-refractivity contribution is 5.61. The molecule has 4 heteroatoms. The quantitative estimate of drug-likeness (QED) is 0.835. The van der Waals surface area contributed by atoms with Gasteiger partial charge in [-0.1, -0.05) is 13.0 Å². The zero-order chi connectivity index (χ0) is 16.6. The van der Waals surface area contributed by atoms with Crippen LogP contribution in [0.25, 0.3) is 0 Å². The molecule has 1 unspecified atom stereocenters. The maximum absolute atomic E-state index is 6.64. The number of likely N-dealkylation sites (N-methyl/N-ethyl adjacent to an activating group) is 1. The molecule has 130 valence electrons. The van der Waals surface area contributed by atoms with Crippen molar-refractivity contribution in [3.63, 3.8) is 0 Å². The van der Waals surface area contributed by atoms with E-state index in [-0.39, 0.29) is 17.6 Å². The molecule has 1 aromatic carbocycles. The Hall–Kier alpha value is -1.26. The van der Waals surface area contributed by atoms with Crippen LogP contribution in [-0.4, -0.2) is 51.0 Å². The summed E-state index contributed by atoms with van der Waals surface area (Å²) in [6.45, 7) is 3.47. The third kappa shape index (κ3) is 1.57. The summed E-state index contributed by atoms with van der Waals surface area (Å²) in [7, 11) is 5.89. The van der Waals surface area contributed by atoms with Gasteiger partial charge in [-0.25, -0.2) is 0 Å². The Labute approximate surface area is 144 Å². The van der Waals surface area contributed by atoms with Gasteiger partial charge in [-0.2, -0.15) is 0 Å². The lowest BCUT2D eigenvalue weighted by molar-refractivity contribution is -0.134. The molecule has 2 aliphatic heterocycles. The Kier molecular flexibility index (Phi) is 3.06. The van der Waals surface area contributed by atoms with Gasteiger partial charge >= 0.3 is 0 Å². The van der Waals surface area contributed by atoms with Crippen molar-refractivity contribution in [1.82, 2.24) is 4.90 Å². The van der Waals surface area contributed by atoms with E-state index in [0.29, 0.717) is 17.9 Å².